The molecular weight excluding hydrogens is 305 g/mol. The number of nitrogens with one attached hydrogen (secondary N) is 1. The molecule has 1 aliphatic carbocycles. The van der Waals surface area contributed by atoms with Gasteiger partial charge in [-0.1, -0.05) is 37.0 Å². The normalized spacial score (nSPS) is 32.4. The van der Waals surface area contributed by atoms with Gasteiger partial charge in [0.25, 0.3) is 0 Å². The van der Waals surface area contributed by atoms with Crippen LogP contribution in [0.5, 0.6) is 5.75 Å². The van der Waals surface area contributed by atoms with Crippen LogP contribution in [-0.4, -0.2) is 12.6 Å². The van der Waals surface area contributed by atoms with E-state index in [0.29, 0.717) is 28.7 Å². The first-order valence-corrected chi connectivity index (χ1v) is 8.66. The lowest BCUT2D eigenvalue weighted by Gasteiger charge is -2.36. The third-order valence-electron chi connectivity index (χ3n) is 4.68. The van der Waals surface area contributed by atoms with Crippen molar-refractivity contribution in [1.82, 2.24) is 5.32 Å². The molecule has 0 amide bonds. The summed E-state index contributed by atoms with van der Waals surface area (Å²) in [7, 11) is 0. The highest BCUT2D eigenvalue weighted by Crippen LogP contribution is 2.41. The minimum atomic E-state index is 0.299. The Morgan fingerprint density at radius 3 is 2.52 bits per heavy atom. The summed E-state index contributed by atoms with van der Waals surface area (Å²) in [6.45, 7) is 5.43. The van der Waals surface area contributed by atoms with E-state index in [0.717, 1.165) is 29.6 Å². The lowest BCUT2D eigenvalue weighted by atomic mass is 9.80. The Labute approximate surface area is 137 Å². The average molecular weight is 328 g/mol. The van der Waals surface area contributed by atoms with E-state index in [4.69, 9.17) is 27.9 Å². The first-order valence-electron chi connectivity index (χ1n) is 7.90. The zero-order chi connectivity index (χ0) is 15.0. The molecule has 0 spiro atoms. The Bertz CT molecular complexity index is 510. The molecule has 0 radical (unpaired) electrons. The molecule has 0 aromatic heterocycles. The second-order valence-electron chi connectivity index (χ2n) is 6.78. The molecule has 21 heavy (non-hydrogen) atoms. The molecule has 1 aliphatic heterocycles. The van der Waals surface area contributed by atoms with Crippen molar-refractivity contribution in [3.05, 3.63) is 27.7 Å². The van der Waals surface area contributed by atoms with E-state index >= 15 is 0 Å². The average Bonchev–Trinajstić information content (AvgIpc) is 2.38. The Balaban J connectivity index is 1.79. The summed E-state index contributed by atoms with van der Waals surface area (Å²) in [4.78, 5) is 0. The standard InChI is InChI=1S/C17H23Cl2NO/c1-10-5-11(2)7-13(6-10)20-16-3-4-21-17-14(16)8-12(18)9-15(17)19/h8-11,13,16,20H,3-7H2,1-2H3. The molecule has 0 saturated heterocycles. The fourth-order valence-corrected chi connectivity index (χ4v) is 4.53. The minimum absolute atomic E-state index is 0.299. The van der Waals surface area contributed by atoms with E-state index in [1.54, 1.807) is 6.07 Å². The predicted octanol–water partition coefficient (Wildman–Crippen LogP) is 5.23. The highest BCUT2D eigenvalue weighted by Gasteiger charge is 2.29. The lowest BCUT2D eigenvalue weighted by Crippen LogP contribution is -2.40. The second kappa shape index (κ2) is 6.36. The highest BCUT2D eigenvalue weighted by molar-refractivity contribution is 6.35. The molecule has 1 aromatic carbocycles. The van der Waals surface area contributed by atoms with Crippen LogP contribution in [0.2, 0.25) is 10.0 Å². The molecule has 116 valence electrons. The molecule has 1 N–H and O–H groups in total. The lowest BCUT2D eigenvalue weighted by molar-refractivity contribution is 0.197. The van der Waals surface area contributed by atoms with Gasteiger partial charge in [0.15, 0.2) is 0 Å². The number of benzene rings is 1. The molecule has 3 rings (SSSR count). The number of hydrogen-bond acceptors (Lipinski definition) is 2. The van der Waals surface area contributed by atoms with E-state index < -0.39 is 0 Å². The molecule has 4 heteroatoms. The van der Waals surface area contributed by atoms with E-state index in [1.807, 2.05) is 6.07 Å². The number of hydrogen-bond donors (Lipinski definition) is 1. The number of halogens is 2. The highest BCUT2D eigenvalue weighted by atomic mass is 35.5. The summed E-state index contributed by atoms with van der Waals surface area (Å²) < 4.78 is 5.74. The van der Waals surface area contributed by atoms with Crippen molar-refractivity contribution in [1.29, 1.82) is 0 Å². The van der Waals surface area contributed by atoms with Crippen molar-refractivity contribution in [3.8, 4) is 5.75 Å². The molecule has 3 atom stereocenters. The monoisotopic (exact) mass is 327 g/mol. The van der Waals surface area contributed by atoms with Gasteiger partial charge in [-0.15, -0.1) is 0 Å². The van der Waals surface area contributed by atoms with Crippen LogP contribution < -0.4 is 10.1 Å². The molecule has 3 unspecified atom stereocenters. The van der Waals surface area contributed by atoms with Gasteiger partial charge in [-0.3, -0.25) is 0 Å². The van der Waals surface area contributed by atoms with Gasteiger partial charge in [0.1, 0.15) is 5.75 Å². The zero-order valence-electron chi connectivity index (χ0n) is 12.7. The molecule has 0 bridgehead atoms. The van der Waals surface area contributed by atoms with Crippen LogP contribution in [0.3, 0.4) is 0 Å². The maximum absolute atomic E-state index is 6.26. The van der Waals surface area contributed by atoms with Crippen LogP contribution in [0.25, 0.3) is 0 Å². The summed E-state index contributed by atoms with van der Waals surface area (Å²) >= 11 is 12.4. The van der Waals surface area contributed by atoms with Gasteiger partial charge in [-0.25, -0.2) is 0 Å². The maximum atomic E-state index is 6.26. The van der Waals surface area contributed by atoms with Crippen molar-refractivity contribution < 1.29 is 4.74 Å². The topological polar surface area (TPSA) is 21.3 Å². The summed E-state index contributed by atoms with van der Waals surface area (Å²) in [5.74, 6) is 2.41. The van der Waals surface area contributed by atoms with Crippen LogP contribution in [0.4, 0.5) is 0 Å². The Morgan fingerprint density at radius 2 is 1.81 bits per heavy atom. The van der Waals surface area contributed by atoms with E-state index in [9.17, 15) is 0 Å². The van der Waals surface area contributed by atoms with Crippen molar-refractivity contribution in [2.24, 2.45) is 11.8 Å². The van der Waals surface area contributed by atoms with Gasteiger partial charge < -0.3 is 10.1 Å². The van der Waals surface area contributed by atoms with E-state index in [2.05, 4.69) is 19.2 Å². The Hall–Kier alpha value is -0.440. The van der Waals surface area contributed by atoms with Gasteiger partial charge in [0.05, 0.1) is 11.6 Å². The number of rotatable bonds is 2. The number of ether oxygens (including phenoxy) is 1. The van der Waals surface area contributed by atoms with Crippen LogP contribution in [-0.2, 0) is 0 Å². The van der Waals surface area contributed by atoms with Gasteiger partial charge in [-0.05, 0) is 43.2 Å². The van der Waals surface area contributed by atoms with Gasteiger partial charge in [-0.2, -0.15) is 0 Å². The summed E-state index contributed by atoms with van der Waals surface area (Å²) in [6.07, 6.45) is 4.83. The van der Waals surface area contributed by atoms with Gasteiger partial charge >= 0.3 is 0 Å². The summed E-state index contributed by atoms with van der Waals surface area (Å²) in [6, 6.07) is 4.63. The Morgan fingerprint density at radius 1 is 1.10 bits per heavy atom. The van der Waals surface area contributed by atoms with Crippen molar-refractivity contribution in [2.45, 2.75) is 51.6 Å². The van der Waals surface area contributed by atoms with E-state index in [1.165, 1.54) is 19.3 Å². The van der Waals surface area contributed by atoms with Crippen LogP contribution in [0.1, 0.15) is 51.1 Å². The summed E-state index contributed by atoms with van der Waals surface area (Å²) in [5, 5.41) is 5.13. The van der Waals surface area contributed by atoms with Gasteiger partial charge in [0, 0.05) is 29.1 Å². The van der Waals surface area contributed by atoms with Crippen LogP contribution in [0, 0.1) is 11.8 Å². The fourth-order valence-electron chi connectivity index (χ4n) is 3.97. The van der Waals surface area contributed by atoms with E-state index in [-0.39, 0.29) is 0 Å². The van der Waals surface area contributed by atoms with Crippen LogP contribution in [0.15, 0.2) is 12.1 Å². The smallest absolute Gasteiger partial charge is 0.142 e. The van der Waals surface area contributed by atoms with Crippen molar-refractivity contribution in [3.63, 3.8) is 0 Å². The van der Waals surface area contributed by atoms with Crippen molar-refractivity contribution >= 4 is 23.2 Å². The van der Waals surface area contributed by atoms with Crippen molar-refractivity contribution in [2.75, 3.05) is 6.61 Å². The van der Waals surface area contributed by atoms with Crippen LogP contribution >= 0.6 is 23.2 Å². The molecule has 2 aliphatic rings. The number of fused-ring (bicyclic) bond motifs is 1. The SMILES string of the molecule is CC1CC(C)CC(NC2CCOc3c(Cl)cc(Cl)cc32)C1. The zero-order valence-corrected chi connectivity index (χ0v) is 14.2. The summed E-state index contributed by atoms with van der Waals surface area (Å²) in [5.41, 5.74) is 1.12. The van der Waals surface area contributed by atoms with Gasteiger partial charge in [0.2, 0.25) is 0 Å². The maximum Gasteiger partial charge on any atom is 0.142 e. The molecule has 1 fully saturated rings. The minimum Gasteiger partial charge on any atom is -0.492 e. The first kappa shape index (κ1) is 15.5. The predicted molar refractivity (Wildman–Crippen MR) is 88.4 cm³/mol. The quantitative estimate of drug-likeness (QED) is 0.802. The molecule has 2 nitrogen and oxygen atoms in total. The molecule has 1 heterocycles. The largest absolute Gasteiger partial charge is 0.492 e. The molecule has 1 saturated carbocycles. The third kappa shape index (κ3) is 3.49. The molecular formula is C17H23Cl2NO. The second-order valence-corrected chi connectivity index (χ2v) is 7.62. The third-order valence-corrected chi connectivity index (χ3v) is 5.18. The fraction of sp³-hybridized carbons (Fsp3) is 0.647. The Kier molecular flexibility index (Phi) is 4.68. The first-order chi connectivity index (χ1) is 10.0. The molecule has 1 aromatic rings.